The molecule has 0 saturated carbocycles. The molecule has 3 heterocycles. The van der Waals surface area contributed by atoms with E-state index in [4.69, 9.17) is 11.6 Å². The number of nitrogens with zero attached hydrogens (tertiary/aromatic N) is 5. The molecule has 1 N–H and O–H groups in total. The highest BCUT2D eigenvalue weighted by molar-refractivity contribution is 6.33. The van der Waals surface area contributed by atoms with Crippen molar-refractivity contribution in [2.75, 3.05) is 5.32 Å². The van der Waals surface area contributed by atoms with Crippen LogP contribution in [0.15, 0.2) is 11.0 Å². The van der Waals surface area contributed by atoms with Crippen LogP contribution in [0.4, 0.5) is 5.82 Å². The van der Waals surface area contributed by atoms with Gasteiger partial charge in [0.25, 0.3) is 0 Å². The van der Waals surface area contributed by atoms with E-state index in [0.717, 1.165) is 31.5 Å². The third kappa shape index (κ3) is 3.31. The molecular formula is C14H19ClN6O2. The fourth-order valence-corrected chi connectivity index (χ4v) is 2.88. The minimum atomic E-state index is -0.372. The van der Waals surface area contributed by atoms with Gasteiger partial charge >= 0.3 is 5.69 Å². The second kappa shape index (κ2) is 6.57. The van der Waals surface area contributed by atoms with Crippen molar-refractivity contribution in [3.63, 3.8) is 0 Å². The zero-order chi connectivity index (χ0) is 16.4. The van der Waals surface area contributed by atoms with Gasteiger partial charge in [-0.3, -0.25) is 14.0 Å². The van der Waals surface area contributed by atoms with Gasteiger partial charge in [0.15, 0.2) is 5.82 Å². The summed E-state index contributed by atoms with van der Waals surface area (Å²) in [5.74, 6) is 0.685. The molecular weight excluding hydrogens is 320 g/mol. The Morgan fingerprint density at radius 1 is 1.35 bits per heavy atom. The van der Waals surface area contributed by atoms with Crippen molar-refractivity contribution < 1.29 is 4.79 Å². The second-order valence-electron chi connectivity index (χ2n) is 5.55. The first-order chi connectivity index (χ1) is 11.1. The fraction of sp³-hybridized carbons (Fsp3) is 0.571. The zero-order valence-electron chi connectivity index (χ0n) is 13.0. The number of anilines is 1. The molecule has 0 bridgehead atoms. The number of hydrogen-bond donors (Lipinski definition) is 1. The number of carbonyl (C=O) groups excluding carboxylic acids is 1. The van der Waals surface area contributed by atoms with Crippen LogP contribution in [0.5, 0.6) is 0 Å². The predicted octanol–water partition coefficient (Wildman–Crippen LogP) is 1.28. The molecule has 0 fully saturated rings. The van der Waals surface area contributed by atoms with Crippen molar-refractivity contribution >= 4 is 23.3 Å². The number of nitrogens with one attached hydrogen (secondary N) is 1. The summed E-state index contributed by atoms with van der Waals surface area (Å²) in [5, 5.41) is 11.4. The van der Waals surface area contributed by atoms with Crippen LogP contribution in [0.3, 0.4) is 0 Å². The molecule has 1 aliphatic heterocycles. The van der Waals surface area contributed by atoms with Gasteiger partial charge < -0.3 is 5.32 Å². The van der Waals surface area contributed by atoms with Crippen molar-refractivity contribution in [2.45, 2.75) is 52.2 Å². The Labute approximate surface area is 138 Å². The molecule has 3 rings (SSSR count). The Morgan fingerprint density at radius 3 is 2.91 bits per heavy atom. The average molecular weight is 339 g/mol. The summed E-state index contributed by atoms with van der Waals surface area (Å²) in [4.78, 5) is 24.4. The number of halogens is 1. The second-order valence-corrected chi connectivity index (χ2v) is 5.96. The van der Waals surface area contributed by atoms with Crippen molar-refractivity contribution in [1.29, 1.82) is 0 Å². The summed E-state index contributed by atoms with van der Waals surface area (Å²) in [6.07, 6.45) is 5.50. The van der Waals surface area contributed by atoms with Crippen LogP contribution in [-0.4, -0.2) is 30.0 Å². The van der Waals surface area contributed by atoms with Crippen LogP contribution in [0.2, 0.25) is 5.02 Å². The highest BCUT2D eigenvalue weighted by Gasteiger charge is 2.18. The van der Waals surface area contributed by atoms with Gasteiger partial charge in [-0.05, 0) is 19.8 Å². The van der Waals surface area contributed by atoms with E-state index in [-0.39, 0.29) is 18.1 Å². The Balaban J connectivity index is 1.73. The third-order valence-electron chi connectivity index (χ3n) is 3.87. The van der Waals surface area contributed by atoms with Crippen molar-refractivity contribution in [1.82, 2.24) is 24.1 Å². The number of fused-ring (bicyclic) bond motifs is 1. The number of rotatable bonds is 4. The topological polar surface area (TPSA) is 86.7 Å². The SMILES string of the molecule is CCn1cc(Cl)c(NC(=O)Cn2nc3n(c2=O)CCCCC3)n1. The van der Waals surface area contributed by atoms with Crippen LogP contribution in [0.25, 0.3) is 0 Å². The molecule has 9 heteroatoms. The van der Waals surface area contributed by atoms with E-state index in [1.807, 2.05) is 6.92 Å². The lowest BCUT2D eigenvalue weighted by Gasteiger charge is -2.02. The lowest BCUT2D eigenvalue weighted by atomic mass is 10.2. The highest BCUT2D eigenvalue weighted by Crippen LogP contribution is 2.19. The van der Waals surface area contributed by atoms with Gasteiger partial charge in [0.05, 0.1) is 0 Å². The number of aryl methyl sites for hydroxylation is 2. The van der Waals surface area contributed by atoms with E-state index in [9.17, 15) is 9.59 Å². The molecule has 1 amide bonds. The van der Waals surface area contributed by atoms with Crippen LogP contribution >= 0.6 is 11.6 Å². The molecule has 23 heavy (non-hydrogen) atoms. The standard InChI is InChI=1S/C14H19ClN6O2/c1-2-19-8-10(15)13(18-19)16-12(22)9-21-14(23)20-7-5-3-4-6-11(20)17-21/h8H,2-7,9H2,1H3,(H,16,18,22). The van der Waals surface area contributed by atoms with E-state index in [1.54, 1.807) is 15.4 Å². The van der Waals surface area contributed by atoms with Crippen molar-refractivity contribution in [2.24, 2.45) is 0 Å². The lowest BCUT2D eigenvalue weighted by molar-refractivity contribution is -0.117. The van der Waals surface area contributed by atoms with Crippen LogP contribution in [-0.2, 0) is 30.8 Å². The van der Waals surface area contributed by atoms with E-state index in [1.165, 1.54) is 4.68 Å². The molecule has 0 aliphatic carbocycles. The largest absolute Gasteiger partial charge is 0.346 e. The maximum absolute atomic E-state index is 12.3. The molecule has 0 unspecified atom stereocenters. The first kappa shape index (κ1) is 15.8. The van der Waals surface area contributed by atoms with Crippen LogP contribution in [0, 0.1) is 0 Å². The first-order valence-corrected chi connectivity index (χ1v) is 8.15. The van der Waals surface area contributed by atoms with E-state index in [0.29, 0.717) is 23.9 Å². The van der Waals surface area contributed by atoms with E-state index >= 15 is 0 Å². The number of hydrogen-bond acceptors (Lipinski definition) is 4. The molecule has 0 atom stereocenters. The molecule has 2 aromatic rings. The van der Waals surface area contributed by atoms with Gasteiger partial charge in [-0.15, -0.1) is 0 Å². The summed E-state index contributed by atoms with van der Waals surface area (Å²) >= 11 is 6.02. The van der Waals surface area contributed by atoms with Gasteiger partial charge in [0.1, 0.15) is 17.4 Å². The molecule has 1 aliphatic rings. The zero-order valence-corrected chi connectivity index (χ0v) is 13.7. The smallest absolute Gasteiger partial charge is 0.306 e. The summed E-state index contributed by atoms with van der Waals surface area (Å²) in [5.41, 5.74) is -0.234. The average Bonchev–Trinajstić information content (AvgIpc) is 2.90. The number of aromatic nitrogens is 5. The Kier molecular flexibility index (Phi) is 4.51. The van der Waals surface area contributed by atoms with Crippen molar-refractivity contribution in [3.05, 3.63) is 27.5 Å². The minimum Gasteiger partial charge on any atom is -0.306 e. The minimum absolute atomic E-state index is 0.145. The normalized spacial score (nSPS) is 14.3. The molecule has 8 nitrogen and oxygen atoms in total. The fourth-order valence-electron chi connectivity index (χ4n) is 2.68. The maximum atomic E-state index is 12.3. The molecule has 124 valence electrons. The van der Waals surface area contributed by atoms with Crippen LogP contribution < -0.4 is 11.0 Å². The van der Waals surface area contributed by atoms with Gasteiger partial charge in [0, 0.05) is 25.7 Å². The summed E-state index contributed by atoms with van der Waals surface area (Å²) < 4.78 is 4.50. The number of carbonyl (C=O) groups is 1. The molecule has 0 spiro atoms. The van der Waals surface area contributed by atoms with Gasteiger partial charge in [-0.25, -0.2) is 9.48 Å². The van der Waals surface area contributed by atoms with E-state index < -0.39 is 0 Å². The van der Waals surface area contributed by atoms with Gasteiger partial charge in [-0.2, -0.15) is 10.2 Å². The van der Waals surface area contributed by atoms with Crippen molar-refractivity contribution in [3.8, 4) is 0 Å². The number of amides is 1. The summed E-state index contributed by atoms with van der Waals surface area (Å²) in [6, 6.07) is 0. The summed E-state index contributed by atoms with van der Waals surface area (Å²) in [7, 11) is 0. The quantitative estimate of drug-likeness (QED) is 0.909. The highest BCUT2D eigenvalue weighted by atomic mass is 35.5. The molecule has 0 radical (unpaired) electrons. The van der Waals surface area contributed by atoms with Crippen LogP contribution in [0.1, 0.15) is 32.0 Å². The molecule has 2 aromatic heterocycles. The third-order valence-corrected chi connectivity index (χ3v) is 4.15. The maximum Gasteiger partial charge on any atom is 0.346 e. The predicted molar refractivity (Wildman–Crippen MR) is 85.6 cm³/mol. The van der Waals surface area contributed by atoms with Gasteiger partial charge in [-0.1, -0.05) is 18.0 Å². The first-order valence-electron chi connectivity index (χ1n) is 7.78. The Hall–Kier alpha value is -2.09. The Morgan fingerprint density at radius 2 is 2.17 bits per heavy atom. The summed E-state index contributed by atoms with van der Waals surface area (Å²) in [6.45, 7) is 3.10. The monoisotopic (exact) mass is 338 g/mol. The van der Waals surface area contributed by atoms with Gasteiger partial charge in [0.2, 0.25) is 5.91 Å². The molecule has 0 aromatic carbocycles. The Bertz CT molecular complexity index is 775. The molecule has 0 saturated heterocycles. The van der Waals surface area contributed by atoms with E-state index in [2.05, 4.69) is 15.5 Å². The lowest BCUT2D eigenvalue weighted by Crippen LogP contribution is -2.30.